The maximum atomic E-state index is 6.47. The molecule has 2 unspecified atom stereocenters. The lowest BCUT2D eigenvalue weighted by atomic mass is 9.91. The number of nitrogens with zero attached hydrogens (tertiary/aromatic N) is 1. The number of hydrogen-bond acceptors (Lipinski definition) is 3. The maximum absolute atomic E-state index is 6.47. The van der Waals surface area contributed by atoms with Crippen LogP contribution in [-0.2, 0) is 4.74 Å². The van der Waals surface area contributed by atoms with Gasteiger partial charge in [0, 0.05) is 38.4 Å². The summed E-state index contributed by atoms with van der Waals surface area (Å²) in [7, 11) is 0. The number of ether oxygens (including phenoxy) is 1. The second-order valence-electron chi connectivity index (χ2n) is 6.12. The fraction of sp³-hybridized carbons (Fsp3) is 1.00. The highest BCUT2D eigenvalue weighted by Gasteiger charge is 2.39. The first-order valence-electron chi connectivity index (χ1n) is 6.84. The zero-order chi connectivity index (χ0) is 11.0. The summed E-state index contributed by atoms with van der Waals surface area (Å²) < 4.78 is 5.41. The van der Waals surface area contributed by atoms with E-state index in [4.69, 9.17) is 10.5 Å². The largest absolute Gasteiger partial charge is 0.381 e. The molecule has 0 aromatic carbocycles. The van der Waals surface area contributed by atoms with E-state index in [1.54, 1.807) is 0 Å². The van der Waals surface area contributed by atoms with Gasteiger partial charge in [-0.05, 0) is 37.5 Å². The molecule has 2 N–H and O–H groups in total. The molecular weight excluding hydrogens is 200 g/mol. The molecule has 2 heterocycles. The Hall–Kier alpha value is -0.120. The van der Waals surface area contributed by atoms with Crippen LogP contribution in [0.4, 0.5) is 0 Å². The van der Waals surface area contributed by atoms with Crippen LogP contribution in [-0.4, -0.2) is 43.3 Å². The van der Waals surface area contributed by atoms with Crippen molar-refractivity contribution in [1.29, 1.82) is 0 Å². The SMILES string of the molecule is NC1(CN2CC3CCCC3C2)CCOCC1. The van der Waals surface area contributed by atoms with Crippen molar-refractivity contribution in [3.8, 4) is 0 Å². The molecule has 0 bridgehead atoms. The van der Waals surface area contributed by atoms with Crippen molar-refractivity contribution in [2.45, 2.75) is 37.6 Å². The number of likely N-dealkylation sites (tertiary alicyclic amines) is 1. The maximum Gasteiger partial charge on any atom is 0.0484 e. The van der Waals surface area contributed by atoms with Gasteiger partial charge in [-0.1, -0.05) is 6.42 Å². The van der Waals surface area contributed by atoms with Crippen molar-refractivity contribution in [3.63, 3.8) is 0 Å². The monoisotopic (exact) mass is 224 g/mol. The van der Waals surface area contributed by atoms with E-state index in [1.165, 1.54) is 32.4 Å². The molecule has 0 aromatic rings. The van der Waals surface area contributed by atoms with Gasteiger partial charge in [0.05, 0.1) is 0 Å². The van der Waals surface area contributed by atoms with E-state index in [0.29, 0.717) is 0 Å². The van der Waals surface area contributed by atoms with Crippen LogP contribution in [0.25, 0.3) is 0 Å². The zero-order valence-electron chi connectivity index (χ0n) is 10.2. The Morgan fingerprint density at radius 3 is 2.38 bits per heavy atom. The zero-order valence-corrected chi connectivity index (χ0v) is 10.2. The van der Waals surface area contributed by atoms with Crippen LogP contribution < -0.4 is 5.73 Å². The third-order valence-electron chi connectivity index (χ3n) is 4.83. The standard InChI is InChI=1S/C13H24N2O/c14-13(4-6-16-7-5-13)10-15-8-11-2-1-3-12(11)9-15/h11-12H,1-10,14H2. The van der Waals surface area contributed by atoms with Gasteiger partial charge in [-0.2, -0.15) is 0 Å². The lowest BCUT2D eigenvalue weighted by Gasteiger charge is -2.36. The molecule has 0 radical (unpaired) electrons. The summed E-state index contributed by atoms with van der Waals surface area (Å²) in [4.78, 5) is 2.62. The molecule has 1 saturated carbocycles. The van der Waals surface area contributed by atoms with Gasteiger partial charge in [0.2, 0.25) is 0 Å². The van der Waals surface area contributed by atoms with Crippen molar-refractivity contribution in [2.24, 2.45) is 17.6 Å². The van der Waals surface area contributed by atoms with Crippen LogP contribution in [0.5, 0.6) is 0 Å². The van der Waals surface area contributed by atoms with Crippen LogP contribution in [0.1, 0.15) is 32.1 Å². The number of nitrogens with two attached hydrogens (primary N) is 1. The lowest BCUT2D eigenvalue weighted by Crippen LogP contribution is -2.53. The summed E-state index contributed by atoms with van der Waals surface area (Å²) in [6.45, 7) is 5.44. The van der Waals surface area contributed by atoms with Gasteiger partial charge in [-0.25, -0.2) is 0 Å². The van der Waals surface area contributed by atoms with E-state index in [9.17, 15) is 0 Å². The van der Waals surface area contributed by atoms with E-state index in [1.807, 2.05) is 0 Å². The number of fused-ring (bicyclic) bond motifs is 1. The minimum atomic E-state index is 0.0386. The van der Waals surface area contributed by atoms with Crippen molar-refractivity contribution in [1.82, 2.24) is 4.90 Å². The van der Waals surface area contributed by atoms with Crippen LogP contribution in [0.15, 0.2) is 0 Å². The molecule has 0 spiro atoms. The summed E-state index contributed by atoms with van der Waals surface area (Å²) >= 11 is 0. The highest BCUT2D eigenvalue weighted by Crippen LogP contribution is 2.38. The van der Waals surface area contributed by atoms with E-state index in [2.05, 4.69) is 4.90 Å². The van der Waals surface area contributed by atoms with Gasteiger partial charge < -0.3 is 15.4 Å². The predicted octanol–water partition coefficient (Wildman–Crippen LogP) is 1.23. The van der Waals surface area contributed by atoms with Gasteiger partial charge in [-0.15, -0.1) is 0 Å². The Morgan fingerprint density at radius 1 is 1.12 bits per heavy atom. The average Bonchev–Trinajstić information content (AvgIpc) is 2.78. The Morgan fingerprint density at radius 2 is 1.75 bits per heavy atom. The van der Waals surface area contributed by atoms with Crippen LogP contribution in [0.3, 0.4) is 0 Å². The molecule has 2 aliphatic heterocycles. The molecule has 3 rings (SSSR count). The van der Waals surface area contributed by atoms with E-state index < -0.39 is 0 Å². The predicted molar refractivity (Wildman–Crippen MR) is 64.2 cm³/mol. The van der Waals surface area contributed by atoms with Crippen molar-refractivity contribution in [3.05, 3.63) is 0 Å². The Balaban J connectivity index is 1.55. The van der Waals surface area contributed by atoms with Gasteiger partial charge in [0.25, 0.3) is 0 Å². The third-order valence-corrected chi connectivity index (χ3v) is 4.83. The molecule has 3 heteroatoms. The van der Waals surface area contributed by atoms with Crippen LogP contribution in [0.2, 0.25) is 0 Å². The first-order chi connectivity index (χ1) is 7.75. The second-order valence-corrected chi connectivity index (χ2v) is 6.12. The first kappa shape index (κ1) is 11.0. The fourth-order valence-corrected chi connectivity index (χ4v) is 3.84. The van der Waals surface area contributed by atoms with Crippen LogP contribution >= 0.6 is 0 Å². The minimum absolute atomic E-state index is 0.0386. The molecule has 16 heavy (non-hydrogen) atoms. The smallest absolute Gasteiger partial charge is 0.0484 e. The molecular formula is C13H24N2O. The third kappa shape index (κ3) is 2.13. The fourth-order valence-electron chi connectivity index (χ4n) is 3.84. The Kier molecular flexibility index (Phi) is 2.94. The van der Waals surface area contributed by atoms with Crippen LogP contribution in [0, 0.1) is 11.8 Å². The summed E-state index contributed by atoms with van der Waals surface area (Å²) in [5.41, 5.74) is 6.51. The van der Waals surface area contributed by atoms with E-state index >= 15 is 0 Å². The lowest BCUT2D eigenvalue weighted by molar-refractivity contribution is 0.0399. The number of hydrogen-bond donors (Lipinski definition) is 1. The molecule has 0 aromatic heterocycles. The normalized spacial score (nSPS) is 38.8. The quantitative estimate of drug-likeness (QED) is 0.766. The highest BCUT2D eigenvalue weighted by atomic mass is 16.5. The Labute approximate surface area is 98.3 Å². The Bertz CT molecular complexity index is 238. The summed E-state index contributed by atoms with van der Waals surface area (Å²) in [5, 5.41) is 0. The average molecular weight is 224 g/mol. The minimum Gasteiger partial charge on any atom is -0.381 e. The van der Waals surface area contributed by atoms with Gasteiger partial charge in [0.15, 0.2) is 0 Å². The molecule has 3 fully saturated rings. The van der Waals surface area contributed by atoms with E-state index in [-0.39, 0.29) is 5.54 Å². The summed E-state index contributed by atoms with van der Waals surface area (Å²) in [5.74, 6) is 1.98. The second kappa shape index (κ2) is 4.28. The van der Waals surface area contributed by atoms with Crippen molar-refractivity contribution in [2.75, 3.05) is 32.8 Å². The summed E-state index contributed by atoms with van der Waals surface area (Å²) in [6, 6.07) is 0. The van der Waals surface area contributed by atoms with E-state index in [0.717, 1.165) is 44.4 Å². The van der Waals surface area contributed by atoms with Crippen molar-refractivity contribution >= 4 is 0 Å². The molecule has 92 valence electrons. The first-order valence-corrected chi connectivity index (χ1v) is 6.84. The molecule has 2 saturated heterocycles. The highest BCUT2D eigenvalue weighted by molar-refractivity contribution is 4.95. The van der Waals surface area contributed by atoms with Gasteiger partial charge in [-0.3, -0.25) is 0 Å². The van der Waals surface area contributed by atoms with Gasteiger partial charge in [0.1, 0.15) is 0 Å². The molecule has 2 atom stereocenters. The van der Waals surface area contributed by atoms with Gasteiger partial charge >= 0.3 is 0 Å². The molecule has 3 nitrogen and oxygen atoms in total. The van der Waals surface area contributed by atoms with Crippen molar-refractivity contribution < 1.29 is 4.74 Å². The molecule has 0 amide bonds. The molecule has 1 aliphatic carbocycles. The topological polar surface area (TPSA) is 38.5 Å². The number of rotatable bonds is 2. The summed E-state index contributed by atoms with van der Waals surface area (Å²) in [6.07, 6.45) is 6.46. The molecule has 3 aliphatic rings.